The quantitative estimate of drug-likeness (QED) is 0.408. The van der Waals surface area contributed by atoms with Gasteiger partial charge in [-0.3, -0.25) is 9.59 Å². The van der Waals surface area contributed by atoms with Crippen LogP contribution in [0.3, 0.4) is 0 Å². The lowest BCUT2D eigenvalue weighted by atomic mass is 10.1. The lowest BCUT2D eigenvalue weighted by molar-refractivity contribution is -0.119. The predicted octanol–water partition coefficient (Wildman–Crippen LogP) is 1.71. The van der Waals surface area contributed by atoms with Gasteiger partial charge in [0.05, 0.1) is 6.54 Å². The maximum absolute atomic E-state index is 11.6. The van der Waals surface area contributed by atoms with E-state index in [-0.39, 0.29) is 12.2 Å². The van der Waals surface area contributed by atoms with E-state index in [1.807, 2.05) is 0 Å². The molecular formula is C13H25N3O2. The molecule has 0 fully saturated rings. The first-order chi connectivity index (χ1) is 9.68. The molecule has 0 heterocycles. The van der Waals surface area contributed by atoms with Gasteiger partial charge in [0.2, 0.25) is 5.91 Å². The molecule has 0 saturated carbocycles. The summed E-state index contributed by atoms with van der Waals surface area (Å²) in [4.78, 5) is 27.0. The molecule has 0 aromatic rings. The largest absolute Gasteiger partial charge is 0.369 e. The molecule has 0 unspecified atom stereocenters. The number of carbonyl (C=O) groups is 2. The first-order valence-corrected chi connectivity index (χ1v) is 6.32. The van der Waals surface area contributed by atoms with Gasteiger partial charge in [0.25, 0.3) is 0 Å². The number of likely N-dealkylation sites (N-methyl/N-ethyl adjacent to an activating group) is 1. The maximum Gasteiger partial charge on any atom is 0.248 e. The number of unbranched alkanes of at least 4 members (excludes halogenated alkanes) is 4. The van der Waals surface area contributed by atoms with Crippen molar-refractivity contribution in [3.05, 3.63) is 0 Å². The molecule has 18 heavy (non-hydrogen) atoms. The SMILES string of the molecule is [2H]C([2H])([2H])N(CC(C)=O)C(N)=NC(=O)CCCCCCC. The third-order valence-corrected chi connectivity index (χ3v) is 2.39. The number of rotatable bonds is 8. The summed E-state index contributed by atoms with van der Waals surface area (Å²) in [6, 6.07) is 0. The first kappa shape index (κ1) is 11.7. The number of ketones is 1. The zero-order valence-electron chi connectivity index (χ0n) is 14.2. The molecule has 0 aromatic carbocycles. The Morgan fingerprint density at radius 1 is 1.28 bits per heavy atom. The van der Waals surface area contributed by atoms with Crippen molar-refractivity contribution in [1.29, 1.82) is 0 Å². The van der Waals surface area contributed by atoms with Crippen molar-refractivity contribution < 1.29 is 13.7 Å². The minimum atomic E-state index is -2.60. The van der Waals surface area contributed by atoms with Crippen LogP contribution in [0.4, 0.5) is 0 Å². The van der Waals surface area contributed by atoms with Gasteiger partial charge in [-0.2, -0.15) is 4.99 Å². The van der Waals surface area contributed by atoms with Crippen LogP contribution in [0.2, 0.25) is 0 Å². The second-order valence-corrected chi connectivity index (χ2v) is 4.32. The molecule has 0 atom stereocenters. The molecule has 0 saturated heterocycles. The highest BCUT2D eigenvalue weighted by Crippen LogP contribution is 2.05. The van der Waals surface area contributed by atoms with Crippen LogP contribution >= 0.6 is 0 Å². The van der Waals surface area contributed by atoms with Gasteiger partial charge in [0.15, 0.2) is 5.96 Å². The molecule has 104 valence electrons. The lowest BCUT2D eigenvalue weighted by Crippen LogP contribution is -2.37. The average Bonchev–Trinajstić information content (AvgIpc) is 2.34. The van der Waals surface area contributed by atoms with E-state index >= 15 is 0 Å². The molecule has 2 N–H and O–H groups in total. The summed E-state index contributed by atoms with van der Waals surface area (Å²) in [7, 11) is 0. The van der Waals surface area contributed by atoms with Gasteiger partial charge < -0.3 is 10.6 Å². The van der Waals surface area contributed by atoms with Crippen molar-refractivity contribution in [2.45, 2.75) is 52.4 Å². The molecule has 0 spiro atoms. The van der Waals surface area contributed by atoms with E-state index in [4.69, 9.17) is 9.85 Å². The molecule has 1 amide bonds. The normalized spacial score (nSPS) is 14.6. The third kappa shape index (κ3) is 8.73. The monoisotopic (exact) mass is 258 g/mol. The molecular weight excluding hydrogens is 230 g/mol. The van der Waals surface area contributed by atoms with E-state index in [0.29, 0.717) is 11.3 Å². The molecule has 0 aromatic heterocycles. The Kier molecular flexibility index (Phi) is 6.25. The maximum atomic E-state index is 11.6. The first-order valence-electron chi connectivity index (χ1n) is 7.82. The van der Waals surface area contributed by atoms with Crippen LogP contribution in [0.25, 0.3) is 0 Å². The van der Waals surface area contributed by atoms with Crippen molar-refractivity contribution in [2.75, 3.05) is 13.5 Å². The Morgan fingerprint density at radius 2 is 1.94 bits per heavy atom. The van der Waals surface area contributed by atoms with Gasteiger partial charge in [-0.15, -0.1) is 0 Å². The topological polar surface area (TPSA) is 75.8 Å². The van der Waals surface area contributed by atoms with Gasteiger partial charge in [0.1, 0.15) is 5.78 Å². The van der Waals surface area contributed by atoms with Gasteiger partial charge >= 0.3 is 0 Å². The van der Waals surface area contributed by atoms with Crippen LogP contribution in [0.15, 0.2) is 4.99 Å². The molecule has 0 aliphatic heterocycles. The highest BCUT2D eigenvalue weighted by molar-refractivity contribution is 5.93. The van der Waals surface area contributed by atoms with E-state index in [9.17, 15) is 9.59 Å². The number of hydrogen-bond donors (Lipinski definition) is 1. The average molecular weight is 258 g/mol. The van der Waals surface area contributed by atoms with Crippen LogP contribution in [0.1, 0.15) is 56.5 Å². The summed E-state index contributed by atoms with van der Waals surface area (Å²) in [5, 5.41) is 0. The minimum absolute atomic E-state index is 0.235. The number of amides is 1. The van der Waals surface area contributed by atoms with E-state index in [2.05, 4.69) is 11.9 Å². The number of hydrogen-bond acceptors (Lipinski definition) is 2. The summed E-state index contributed by atoms with van der Waals surface area (Å²) in [5.74, 6) is -1.25. The Hall–Kier alpha value is -1.39. The smallest absolute Gasteiger partial charge is 0.248 e. The number of aliphatic imine (C=N–C) groups is 1. The van der Waals surface area contributed by atoms with Crippen molar-refractivity contribution >= 4 is 17.6 Å². The summed E-state index contributed by atoms with van der Waals surface area (Å²) in [6.07, 6.45) is 5.19. The Morgan fingerprint density at radius 3 is 2.50 bits per heavy atom. The fourth-order valence-electron chi connectivity index (χ4n) is 1.43. The zero-order valence-corrected chi connectivity index (χ0v) is 11.2. The fraction of sp³-hybridized carbons (Fsp3) is 0.769. The second-order valence-electron chi connectivity index (χ2n) is 4.32. The highest BCUT2D eigenvalue weighted by Gasteiger charge is 2.07. The predicted molar refractivity (Wildman–Crippen MR) is 73.3 cm³/mol. The fourth-order valence-corrected chi connectivity index (χ4v) is 1.43. The number of nitrogens with zero attached hydrogens (tertiary/aromatic N) is 2. The number of carbonyl (C=O) groups excluding carboxylic acids is 2. The van der Waals surface area contributed by atoms with E-state index in [0.717, 1.165) is 25.7 Å². The van der Waals surface area contributed by atoms with Crippen molar-refractivity contribution in [1.82, 2.24) is 4.90 Å². The molecule has 0 aliphatic rings. The highest BCUT2D eigenvalue weighted by atomic mass is 16.1. The van der Waals surface area contributed by atoms with Crippen LogP contribution < -0.4 is 5.73 Å². The summed E-state index contributed by atoms with van der Waals surface area (Å²) in [5.41, 5.74) is 5.55. The Bertz CT molecular complexity index is 381. The van der Waals surface area contributed by atoms with Gasteiger partial charge in [-0.1, -0.05) is 32.6 Å². The summed E-state index contributed by atoms with van der Waals surface area (Å²) in [6.45, 7) is 0.367. The van der Waals surface area contributed by atoms with E-state index < -0.39 is 25.4 Å². The molecule has 5 heteroatoms. The molecule has 5 nitrogen and oxygen atoms in total. The van der Waals surface area contributed by atoms with Gasteiger partial charge in [-0.25, -0.2) is 0 Å². The van der Waals surface area contributed by atoms with E-state index in [1.54, 1.807) is 0 Å². The van der Waals surface area contributed by atoms with E-state index in [1.165, 1.54) is 6.92 Å². The molecule has 0 aliphatic carbocycles. The van der Waals surface area contributed by atoms with Crippen LogP contribution in [0, 0.1) is 0 Å². The molecule has 0 rings (SSSR count). The van der Waals surface area contributed by atoms with Gasteiger partial charge in [0, 0.05) is 17.5 Å². The zero-order chi connectivity index (χ0) is 16.5. The van der Waals surface area contributed by atoms with Crippen LogP contribution in [-0.2, 0) is 9.59 Å². The van der Waals surface area contributed by atoms with Crippen molar-refractivity contribution in [3.8, 4) is 0 Å². The lowest BCUT2D eigenvalue weighted by Gasteiger charge is -2.15. The molecule has 0 radical (unpaired) electrons. The van der Waals surface area contributed by atoms with Crippen LogP contribution in [0.5, 0.6) is 0 Å². The molecule has 0 bridgehead atoms. The second kappa shape index (κ2) is 9.62. The number of Topliss-reactive ketones (excluding diaryl/α,β-unsaturated/α-hetero) is 1. The van der Waals surface area contributed by atoms with Gasteiger partial charge in [-0.05, 0) is 13.3 Å². The summed E-state index contributed by atoms with van der Waals surface area (Å²) >= 11 is 0. The summed E-state index contributed by atoms with van der Waals surface area (Å²) < 4.78 is 21.9. The Labute approximate surface area is 114 Å². The minimum Gasteiger partial charge on any atom is -0.369 e. The Balaban J connectivity index is 4.51. The van der Waals surface area contributed by atoms with Crippen molar-refractivity contribution in [2.24, 2.45) is 10.7 Å². The third-order valence-electron chi connectivity index (χ3n) is 2.39. The van der Waals surface area contributed by atoms with Crippen LogP contribution in [-0.4, -0.2) is 36.1 Å². The number of guanidine groups is 1. The standard InChI is InChI=1S/C13H25N3O2/c1-4-5-6-7-8-9-12(18)15-13(14)16(3)10-11(2)17/h4-10H2,1-3H3,(H2,14,15,18)/i3D3. The van der Waals surface area contributed by atoms with Crippen molar-refractivity contribution in [3.63, 3.8) is 0 Å². The number of nitrogens with two attached hydrogens (primary N) is 1.